The van der Waals surface area contributed by atoms with Crippen molar-refractivity contribution in [3.05, 3.63) is 57.9 Å². The van der Waals surface area contributed by atoms with Gasteiger partial charge in [0.2, 0.25) is 0 Å². The number of non-ortho nitro benzene ring substituents is 1. The normalized spacial score (nSPS) is 14.1. The second kappa shape index (κ2) is 6.37. The van der Waals surface area contributed by atoms with Crippen molar-refractivity contribution in [3.63, 3.8) is 0 Å². The number of alkyl halides is 3. The molecule has 0 saturated heterocycles. The number of benzene rings is 2. The lowest BCUT2D eigenvalue weighted by Gasteiger charge is -2.22. The number of sulfonamides is 1. The zero-order valence-electron chi connectivity index (χ0n) is 13.2. The van der Waals surface area contributed by atoms with Crippen molar-refractivity contribution in [2.75, 3.05) is 10.8 Å². The van der Waals surface area contributed by atoms with Crippen LogP contribution in [0.1, 0.15) is 5.56 Å². The maximum Gasteiger partial charge on any atom is 0.573 e. The lowest BCUT2D eigenvalue weighted by Crippen LogP contribution is -2.31. The van der Waals surface area contributed by atoms with E-state index in [2.05, 4.69) is 4.74 Å². The number of nitrogens with zero attached hydrogens (tertiary/aromatic N) is 2. The molecule has 0 aromatic heterocycles. The highest BCUT2D eigenvalue weighted by Crippen LogP contribution is 2.39. The maximum absolute atomic E-state index is 14.2. The van der Waals surface area contributed by atoms with Crippen molar-refractivity contribution in [2.24, 2.45) is 0 Å². The molecular formula is C15H10F4N2O5S. The van der Waals surface area contributed by atoms with Gasteiger partial charge >= 0.3 is 6.36 Å². The monoisotopic (exact) mass is 406 g/mol. The largest absolute Gasteiger partial charge is 0.573 e. The Kier molecular flexibility index (Phi) is 4.46. The van der Waals surface area contributed by atoms with Crippen LogP contribution in [0.4, 0.5) is 28.9 Å². The van der Waals surface area contributed by atoms with Crippen molar-refractivity contribution >= 4 is 21.4 Å². The molecule has 0 radical (unpaired) electrons. The first-order chi connectivity index (χ1) is 12.5. The number of fused-ring (bicyclic) bond motifs is 1. The molecule has 2 aromatic rings. The summed E-state index contributed by atoms with van der Waals surface area (Å²) in [6.07, 6.45) is -5.14. The fourth-order valence-electron chi connectivity index (χ4n) is 2.78. The summed E-state index contributed by atoms with van der Waals surface area (Å²) in [5.41, 5.74) is 0.0733. The van der Waals surface area contributed by atoms with Gasteiger partial charge in [0.25, 0.3) is 15.7 Å². The van der Waals surface area contributed by atoms with Gasteiger partial charge in [-0.1, -0.05) is 6.07 Å². The van der Waals surface area contributed by atoms with Crippen LogP contribution in [-0.2, 0) is 16.4 Å². The third-order valence-electron chi connectivity index (χ3n) is 3.83. The molecule has 0 fully saturated rings. The minimum atomic E-state index is -5.22. The number of halogens is 4. The average Bonchev–Trinajstić information content (AvgIpc) is 2.96. The van der Waals surface area contributed by atoms with Gasteiger partial charge in [0.1, 0.15) is 5.82 Å². The number of ether oxygens (including phenoxy) is 1. The molecule has 0 N–H and O–H groups in total. The number of nitro groups is 1. The van der Waals surface area contributed by atoms with Gasteiger partial charge in [0.05, 0.1) is 10.6 Å². The van der Waals surface area contributed by atoms with E-state index in [1.165, 1.54) is 6.07 Å². The molecule has 1 heterocycles. The van der Waals surface area contributed by atoms with Crippen molar-refractivity contribution in [1.82, 2.24) is 0 Å². The Balaban J connectivity index is 2.09. The van der Waals surface area contributed by atoms with Gasteiger partial charge in [0, 0.05) is 18.7 Å². The highest BCUT2D eigenvalue weighted by atomic mass is 32.2. The summed E-state index contributed by atoms with van der Waals surface area (Å²) in [5.74, 6) is -2.61. The van der Waals surface area contributed by atoms with E-state index >= 15 is 0 Å². The van der Waals surface area contributed by atoms with E-state index in [9.17, 15) is 36.1 Å². The molecular weight excluding hydrogens is 396 g/mol. The highest BCUT2D eigenvalue weighted by Gasteiger charge is 2.39. The first-order valence-corrected chi connectivity index (χ1v) is 8.79. The molecule has 0 spiro atoms. The topological polar surface area (TPSA) is 89.8 Å². The van der Waals surface area contributed by atoms with Crippen molar-refractivity contribution in [1.29, 1.82) is 0 Å². The minimum absolute atomic E-state index is 0.0295. The van der Waals surface area contributed by atoms with E-state index in [-0.39, 0.29) is 24.3 Å². The second-order valence-electron chi connectivity index (χ2n) is 5.51. The SMILES string of the molecule is O=[N+]([O-])c1ccc2c(c1)CCN2S(=O)(=O)c1c(F)cccc1OC(F)(F)F. The van der Waals surface area contributed by atoms with Crippen LogP contribution in [0.5, 0.6) is 5.75 Å². The van der Waals surface area contributed by atoms with Gasteiger partial charge in [-0.25, -0.2) is 12.8 Å². The van der Waals surface area contributed by atoms with E-state index in [0.29, 0.717) is 22.0 Å². The van der Waals surface area contributed by atoms with Gasteiger partial charge < -0.3 is 4.74 Å². The van der Waals surface area contributed by atoms with Crippen LogP contribution < -0.4 is 9.04 Å². The molecule has 2 aromatic carbocycles. The maximum atomic E-state index is 14.2. The zero-order valence-corrected chi connectivity index (χ0v) is 14.1. The molecule has 0 atom stereocenters. The summed E-state index contributed by atoms with van der Waals surface area (Å²) in [6, 6.07) is 5.65. The molecule has 1 aliphatic heterocycles. The van der Waals surface area contributed by atoms with E-state index < -0.39 is 37.8 Å². The molecule has 0 aliphatic carbocycles. The van der Waals surface area contributed by atoms with Crippen molar-refractivity contribution < 1.29 is 35.6 Å². The molecule has 0 unspecified atom stereocenters. The molecule has 27 heavy (non-hydrogen) atoms. The third kappa shape index (κ3) is 3.52. The summed E-state index contributed by atoms with van der Waals surface area (Å²) < 4.78 is 81.9. The molecule has 0 bridgehead atoms. The Bertz CT molecular complexity index is 1020. The average molecular weight is 406 g/mol. The van der Waals surface area contributed by atoms with E-state index in [4.69, 9.17) is 0 Å². The van der Waals surface area contributed by atoms with E-state index in [1.54, 1.807) is 0 Å². The number of hydrogen-bond acceptors (Lipinski definition) is 5. The van der Waals surface area contributed by atoms with Crippen molar-refractivity contribution in [3.8, 4) is 5.75 Å². The Morgan fingerprint density at radius 2 is 1.89 bits per heavy atom. The predicted molar refractivity (Wildman–Crippen MR) is 84.4 cm³/mol. The number of anilines is 1. The molecule has 144 valence electrons. The predicted octanol–water partition coefficient (Wildman–Crippen LogP) is 3.38. The molecule has 0 saturated carbocycles. The Labute approximate surface area is 150 Å². The quantitative estimate of drug-likeness (QED) is 0.441. The second-order valence-corrected chi connectivity index (χ2v) is 7.31. The van der Waals surface area contributed by atoms with Crippen LogP contribution in [0.25, 0.3) is 0 Å². The molecule has 12 heteroatoms. The van der Waals surface area contributed by atoms with Crippen LogP contribution >= 0.6 is 0 Å². The summed E-state index contributed by atoms with van der Waals surface area (Å²) >= 11 is 0. The molecule has 0 amide bonds. The number of hydrogen-bond donors (Lipinski definition) is 0. The highest BCUT2D eigenvalue weighted by molar-refractivity contribution is 7.93. The Hall–Kier alpha value is -2.89. The lowest BCUT2D eigenvalue weighted by molar-refractivity contribution is -0.384. The van der Waals surface area contributed by atoms with Crippen LogP contribution in [0, 0.1) is 15.9 Å². The van der Waals surface area contributed by atoms with E-state index in [0.717, 1.165) is 18.2 Å². The number of rotatable bonds is 4. The van der Waals surface area contributed by atoms with E-state index in [1.807, 2.05) is 0 Å². The summed E-state index contributed by atoms with van der Waals surface area (Å²) in [5, 5.41) is 10.8. The first kappa shape index (κ1) is 18.9. The third-order valence-corrected chi connectivity index (χ3v) is 5.70. The van der Waals surface area contributed by atoms with Crippen LogP contribution in [-0.4, -0.2) is 26.2 Å². The zero-order chi connectivity index (χ0) is 20.0. The Morgan fingerprint density at radius 3 is 2.52 bits per heavy atom. The van der Waals surface area contributed by atoms with Crippen molar-refractivity contribution in [2.45, 2.75) is 17.7 Å². The minimum Gasteiger partial charge on any atom is -0.404 e. The smallest absolute Gasteiger partial charge is 0.404 e. The fraction of sp³-hybridized carbons (Fsp3) is 0.200. The van der Waals surface area contributed by atoms with Gasteiger partial charge in [0.15, 0.2) is 10.6 Å². The first-order valence-electron chi connectivity index (χ1n) is 7.35. The lowest BCUT2D eigenvalue weighted by atomic mass is 10.1. The van der Waals surface area contributed by atoms with Gasteiger partial charge in [-0.2, -0.15) is 0 Å². The number of nitro benzene ring substituents is 1. The fourth-order valence-corrected chi connectivity index (χ4v) is 4.44. The van der Waals surface area contributed by atoms with Crippen LogP contribution in [0.2, 0.25) is 0 Å². The summed E-state index contributed by atoms with van der Waals surface area (Å²) in [7, 11) is -4.76. The van der Waals surface area contributed by atoms with Crippen LogP contribution in [0.15, 0.2) is 41.3 Å². The summed E-state index contributed by atoms with van der Waals surface area (Å²) in [6.45, 7) is -0.210. The molecule has 3 rings (SSSR count). The molecule has 7 nitrogen and oxygen atoms in total. The summed E-state index contributed by atoms with van der Waals surface area (Å²) in [4.78, 5) is 8.90. The van der Waals surface area contributed by atoms with Crippen LogP contribution in [0.3, 0.4) is 0 Å². The molecule has 1 aliphatic rings. The standard InChI is InChI=1S/C15H10F4N2O5S/c16-11-2-1-3-13(26-15(17,18)19)14(11)27(24,25)20-7-6-9-8-10(21(22)23)4-5-12(9)20/h1-5,8H,6-7H2. The van der Waals surface area contributed by atoms with Gasteiger partial charge in [-0.15, -0.1) is 13.2 Å². The van der Waals surface area contributed by atoms with Gasteiger partial charge in [-0.3, -0.25) is 14.4 Å². The van der Waals surface area contributed by atoms with Gasteiger partial charge in [-0.05, 0) is 30.2 Å². The Morgan fingerprint density at radius 1 is 1.19 bits per heavy atom.